The van der Waals surface area contributed by atoms with E-state index in [1.807, 2.05) is 13.8 Å². The van der Waals surface area contributed by atoms with Crippen LogP contribution in [0, 0.1) is 6.92 Å². The number of methoxy groups -OCH3 is 1. The minimum Gasteiger partial charge on any atom is -0.493 e. The Morgan fingerprint density at radius 2 is 1.88 bits per heavy atom. The van der Waals surface area contributed by atoms with Gasteiger partial charge in [-0.1, -0.05) is 11.6 Å². The quantitative estimate of drug-likeness (QED) is 0.742. The van der Waals surface area contributed by atoms with Crippen LogP contribution in [0.25, 0.3) is 0 Å². The fourth-order valence-corrected chi connectivity index (χ4v) is 2.46. The third-order valence-corrected chi connectivity index (χ3v) is 3.73. The molecule has 26 heavy (non-hydrogen) atoms. The highest BCUT2D eigenvalue weighted by molar-refractivity contribution is 6.30. The first-order valence-corrected chi connectivity index (χ1v) is 8.36. The highest BCUT2D eigenvalue weighted by Gasteiger charge is 2.14. The molecule has 0 bridgehead atoms. The maximum absolute atomic E-state index is 12.1. The third kappa shape index (κ3) is 5.13. The van der Waals surface area contributed by atoms with Crippen molar-refractivity contribution in [1.82, 2.24) is 0 Å². The average Bonchev–Trinajstić information content (AvgIpc) is 2.62. The van der Waals surface area contributed by atoms with Crippen molar-refractivity contribution in [3.63, 3.8) is 0 Å². The van der Waals surface area contributed by atoms with Crippen molar-refractivity contribution < 1.29 is 23.8 Å². The van der Waals surface area contributed by atoms with Crippen LogP contribution in [-0.2, 0) is 9.53 Å². The van der Waals surface area contributed by atoms with Crippen LogP contribution in [0.3, 0.4) is 0 Å². The highest BCUT2D eigenvalue weighted by Crippen LogP contribution is 2.28. The van der Waals surface area contributed by atoms with Crippen molar-refractivity contribution >= 4 is 29.2 Å². The molecule has 2 aromatic carbocycles. The molecule has 7 heteroatoms. The summed E-state index contributed by atoms with van der Waals surface area (Å²) in [6.45, 7) is 3.74. The lowest BCUT2D eigenvalue weighted by Gasteiger charge is -2.11. The van der Waals surface area contributed by atoms with Crippen LogP contribution < -0.4 is 14.8 Å². The van der Waals surface area contributed by atoms with Gasteiger partial charge in [-0.2, -0.15) is 0 Å². The fraction of sp³-hybridized carbons (Fsp3) is 0.263. The molecule has 1 amide bonds. The van der Waals surface area contributed by atoms with Gasteiger partial charge in [0, 0.05) is 10.7 Å². The summed E-state index contributed by atoms with van der Waals surface area (Å²) >= 11 is 5.88. The van der Waals surface area contributed by atoms with E-state index in [9.17, 15) is 9.59 Å². The zero-order chi connectivity index (χ0) is 19.1. The topological polar surface area (TPSA) is 73.9 Å². The maximum Gasteiger partial charge on any atom is 0.338 e. The second-order valence-electron chi connectivity index (χ2n) is 5.38. The summed E-state index contributed by atoms with van der Waals surface area (Å²) in [6.07, 6.45) is 0. The molecule has 0 radical (unpaired) electrons. The second-order valence-corrected chi connectivity index (χ2v) is 5.82. The van der Waals surface area contributed by atoms with E-state index in [4.69, 9.17) is 25.8 Å². The first-order chi connectivity index (χ1) is 12.4. The summed E-state index contributed by atoms with van der Waals surface area (Å²) in [5.74, 6) is -0.124. The number of amides is 1. The van der Waals surface area contributed by atoms with Gasteiger partial charge in [-0.05, 0) is 55.8 Å². The Hall–Kier alpha value is -2.73. The molecule has 0 heterocycles. The van der Waals surface area contributed by atoms with Gasteiger partial charge in [-0.15, -0.1) is 0 Å². The Kier molecular flexibility index (Phi) is 6.86. The van der Waals surface area contributed by atoms with E-state index in [2.05, 4.69) is 5.32 Å². The Bertz CT molecular complexity index is 807. The zero-order valence-corrected chi connectivity index (χ0v) is 15.6. The minimum absolute atomic E-state index is 0.265. The van der Waals surface area contributed by atoms with E-state index >= 15 is 0 Å². The van der Waals surface area contributed by atoms with E-state index in [1.165, 1.54) is 13.2 Å². The molecule has 0 atom stereocenters. The van der Waals surface area contributed by atoms with Crippen molar-refractivity contribution in [2.45, 2.75) is 13.8 Å². The molecule has 0 aliphatic heterocycles. The van der Waals surface area contributed by atoms with Gasteiger partial charge in [-0.25, -0.2) is 4.79 Å². The zero-order valence-electron chi connectivity index (χ0n) is 14.8. The lowest BCUT2D eigenvalue weighted by Crippen LogP contribution is -2.21. The number of anilines is 1. The maximum atomic E-state index is 12.1. The summed E-state index contributed by atoms with van der Waals surface area (Å²) in [5.41, 5.74) is 1.69. The van der Waals surface area contributed by atoms with Crippen LogP contribution in [-0.4, -0.2) is 32.2 Å². The van der Waals surface area contributed by atoms with Crippen LogP contribution in [0.5, 0.6) is 11.5 Å². The first-order valence-electron chi connectivity index (χ1n) is 7.98. The predicted octanol–water partition coefficient (Wildman–Crippen LogP) is 3.85. The van der Waals surface area contributed by atoms with E-state index < -0.39 is 18.5 Å². The molecule has 0 aliphatic rings. The lowest BCUT2D eigenvalue weighted by atomic mass is 10.2. The van der Waals surface area contributed by atoms with E-state index in [-0.39, 0.29) is 5.56 Å². The predicted molar refractivity (Wildman–Crippen MR) is 99.3 cm³/mol. The highest BCUT2D eigenvalue weighted by atomic mass is 35.5. The number of rotatable bonds is 7. The molecule has 1 N–H and O–H groups in total. The van der Waals surface area contributed by atoms with Crippen LogP contribution in [0.1, 0.15) is 22.8 Å². The standard InChI is InChI=1S/C19H20ClNO5/c1-4-25-16-8-5-13(10-17(16)24-3)19(23)26-11-18(22)21-15-7-6-14(20)9-12(15)2/h5-10H,4,11H2,1-3H3,(H,21,22). The molecule has 0 aliphatic carbocycles. The number of carbonyl (C=O) groups excluding carboxylic acids is 2. The summed E-state index contributed by atoms with van der Waals surface area (Å²) in [6, 6.07) is 9.77. The number of hydrogen-bond donors (Lipinski definition) is 1. The second kappa shape index (κ2) is 9.10. The largest absolute Gasteiger partial charge is 0.493 e. The number of halogens is 1. The molecule has 0 saturated carbocycles. The summed E-state index contributed by atoms with van der Waals surface area (Å²) in [5, 5.41) is 3.25. The molecule has 0 fully saturated rings. The Morgan fingerprint density at radius 1 is 1.12 bits per heavy atom. The van der Waals surface area contributed by atoms with Crippen molar-refractivity contribution in [3.8, 4) is 11.5 Å². The molecule has 0 spiro atoms. The van der Waals surface area contributed by atoms with Crippen LogP contribution in [0.2, 0.25) is 5.02 Å². The molecule has 6 nitrogen and oxygen atoms in total. The van der Waals surface area contributed by atoms with Crippen molar-refractivity contribution in [2.75, 3.05) is 25.6 Å². The normalized spacial score (nSPS) is 10.2. The fourth-order valence-electron chi connectivity index (χ4n) is 2.24. The van der Waals surface area contributed by atoms with E-state index in [0.29, 0.717) is 28.8 Å². The van der Waals surface area contributed by atoms with Crippen LogP contribution >= 0.6 is 11.6 Å². The molecule has 0 unspecified atom stereocenters. The van der Waals surface area contributed by atoms with Crippen LogP contribution in [0.4, 0.5) is 5.69 Å². The van der Waals surface area contributed by atoms with Crippen molar-refractivity contribution in [1.29, 1.82) is 0 Å². The van der Waals surface area contributed by atoms with E-state index in [1.54, 1.807) is 30.3 Å². The minimum atomic E-state index is -0.630. The number of carbonyl (C=O) groups is 2. The number of ether oxygens (including phenoxy) is 3. The Balaban J connectivity index is 1.96. The first kappa shape index (κ1) is 19.6. The Labute approximate surface area is 157 Å². The van der Waals surface area contributed by atoms with E-state index in [0.717, 1.165) is 5.56 Å². The van der Waals surface area contributed by atoms with Gasteiger partial charge in [0.05, 0.1) is 19.3 Å². The molecule has 138 valence electrons. The number of benzene rings is 2. The van der Waals surface area contributed by atoms with Crippen molar-refractivity contribution in [3.05, 3.63) is 52.5 Å². The molecular formula is C19H20ClNO5. The molecular weight excluding hydrogens is 358 g/mol. The molecule has 0 aromatic heterocycles. The molecule has 2 aromatic rings. The van der Waals surface area contributed by atoms with Gasteiger partial charge in [0.15, 0.2) is 18.1 Å². The summed E-state index contributed by atoms with van der Waals surface area (Å²) in [4.78, 5) is 24.1. The van der Waals surface area contributed by atoms with Gasteiger partial charge < -0.3 is 19.5 Å². The molecule has 0 saturated heterocycles. The van der Waals surface area contributed by atoms with Gasteiger partial charge in [0.2, 0.25) is 0 Å². The number of aryl methyl sites for hydroxylation is 1. The smallest absolute Gasteiger partial charge is 0.338 e. The lowest BCUT2D eigenvalue weighted by molar-refractivity contribution is -0.119. The Morgan fingerprint density at radius 3 is 2.54 bits per heavy atom. The molecule has 2 rings (SSSR count). The van der Waals surface area contributed by atoms with Crippen molar-refractivity contribution in [2.24, 2.45) is 0 Å². The summed E-state index contributed by atoms with van der Waals surface area (Å²) in [7, 11) is 1.48. The van der Waals surface area contributed by atoms with Gasteiger partial charge >= 0.3 is 5.97 Å². The number of nitrogens with one attached hydrogen (secondary N) is 1. The third-order valence-electron chi connectivity index (χ3n) is 3.50. The van der Waals surface area contributed by atoms with Crippen LogP contribution in [0.15, 0.2) is 36.4 Å². The van der Waals surface area contributed by atoms with Gasteiger partial charge in [0.1, 0.15) is 0 Å². The van der Waals surface area contributed by atoms with Gasteiger partial charge in [0.25, 0.3) is 5.91 Å². The van der Waals surface area contributed by atoms with Gasteiger partial charge in [-0.3, -0.25) is 4.79 Å². The number of esters is 1. The SMILES string of the molecule is CCOc1ccc(C(=O)OCC(=O)Nc2ccc(Cl)cc2C)cc1OC. The number of hydrogen-bond acceptors (Lipinski definition) is 5. The monoisotopic (exact) mass is 377 g/mol. The summed E-state index contributed by atoms with van der Waals surface area (Å²) < 4.78 is 15.6. The average molecular weight is 378 g/mol.